The lowest BCUT2D eigenvalue weighted by Gasteiger charge is -2.33. The molecule has 0 bridgehead atoms. The third-order valence-corrected chi connectivity index (χ3v) is 4.54. The Morgan fingerprint density at radius 3 is 2.71 bits per heavy atom. The number of nitrogens with zero attached hydrogens (tertiary/aromatic N) is 2. The van der Waals surface area contributed by atoms with Gasteiger partial charge in [-0.05, 0) is 39.7 Å². The Kier molecular flexibility index (Phi) is 4.42. The lowest BCUT2D eigenvalue weighted by atomic mass is 9.94. The third kappa shape index (κ3) is 3.48. The van der Waals surface area contributed by atoms with Crippen molar-refractivity contribution in [3.63, 3.8) is 0 Å². The van der Waals surface area contributed by atoms with E-state index in [-0.39, 0.29) is 17.0 Å². The minimum Gasteiger partial charge on any atom is -0.444 e. The summed E-state index contributed by atoms with van der Waals surface area (Å²) in [5.41, 5.74) is 1.08. The van der Waals surface area contributed by atoms with Crippen LogP contribution in [0.3, 0.4) is 0 Å². The number of aromatic nitrogens is 2. The number of rotatable bonds is 1. The zero-order valence-corrected chi connectivity index (χ0v) is 14.8. The molecular weight excluding hydrogens is 333 g/mol. The number of H-pyrrole nitrogens is 1. The average molecular weight is 354 g/mol. The number of fused-ring (bicyclic) bond motifs is 1. The van der Waals surface area contributed by atoms with E-state index < -0.39 is 11.4 Å². The number of hydrogen-bond acceptors (Lipinski definition) is 3. The molecule has 0 aromatic carbocycles. The van der Waals surface area contributed by atoms with Crippen molar-refractivity contribution in [2.24, 2.45) is 0 Å². The molecule has 1 saturated heterocycles. The van der Waals surface area contributed by atoms with Crippen LogP contribution < -0.4 is 0 Å². The summed E-state index contributed by atoms with van der Waals surface area (Å²) in [6, 6.07) is 1.86. The smallest absolute Gasteiger partial charge is 0.410 e. The number of nitrogens with one attached hydrogen (secondary N) is 1. The zero-order valence-electron chi connectivity index (χ0n) is 14.0. The van der Waals surface area contributed by atoms with E-state index in [1.807, 2.05) is 26.8 Å². The maximum Gasteiger partial charge on any atom is 0.410 e. The highest BCUT2D eigenvalue weighted by atomic mass is 35.5. The quantitative estimate of drug-likeness (QED) is 0.822. The Morgan fingerprint density at radius 2 is 2.08 bits per heavy atom. The monoisotopic (exact) mass is 353 g/mol. The number of carbonyl (C=O) groups excluding carboxylic acids is 1. The fraction of sp³-hybridized carbons (Fsp3) is 0.529. The molecule has 3 rings (SSSR count). The van der Waals surface area contributed by atoms with E-state index in [0.717, 1.165) is 24.7 Å². The van der Waals surface area contributed by atoms with Crippen LogP contribution in [0.15, 0.2) is 12.3 Å². The van der Waals surface area contributed by atoms with Crippen LogP contribution in [0.5, 0.6) is 0 Å². The number of pyridine rings is 1. The van der Waals surface area contributed by atoms with Crippen molar-refractivity contribution in [1.82, 2.24) is 14.9 Å². The van der Waals surface area contributed by atoms with Crippen LogP contribution in [-0.4, -0.2) is 39.7 Å². The van der Waals surface area contributed by atoms with Gasteiger partial charge >= 0.3 is 6.09 Å². The molecule has 5 nitrogen and oxygen atoms in total. The summed E-state index contributed by atoms with van der Waals surface area (Å²) < 4.78 is 18.9. The van der Waals surface area contributed by atoms with E-state index >= 15 is 0 Å². The molecule has 7 heteroatoms. The molecule has 0 unspecified atom stereocenters. The lowest BCUT2D eigenvalue weighted by Crippen LogP contribution is -2.41. The minimum absolute atomic E-state index is 0.0914. The molecule has 130 valence electrons. The number of piperidine rings is 1. The summed E-state index contributed by atoms with van der Waals surface area (Å²) in [5, 5.41) is 0.690. The largest absolute Gasteiger partial charge is 0.444 e. The van der Waals surface area contributed by atoms with E-state index in [4.69, 9.17) is 16.3 Å². The Labute approximate surface area is 145 Å². The maximum absolute atomic E-state index is 13.5. The van der Waals surface area contributed by atoms with Gasteiger partial charge in [-0.3, -0.25) is 0 Å². The van der Waals surface area contributed by atoms with Crippen molar-refractivity contribution in [2.75, 3.05) is 13.1 Å². The van der Waals surface area contributed by atoms with Crippen LogP contribution >= 0.6 is 11.6 Å². The molecular formula is C17H21ClFN3O2. The van der Waals surface area contributed by atoms with Gasteiger partial charge in [-0.25, -0.2) is 14.2 Å². The van der Waals surface area contributed by atoms with Crippen molar-refractivity contribution in [3.8, 4) is 0 Å². The normalized spacial score (nSPS) is 16.6. The Balaban J connectivity index is 1.69. The van der Waals surface area contributed by atoms with E-state index in [2.05, 4.69) is 9.97 Å². The molecule has 1 aliphatic rings. The average Bonchev–Trinajstić information content (AvgIpc) is 2.94. The number of halogens is 2. The molecule has 0 atom stereocenters. The molecule has 24 heavy (non-hydrogen) atoms. The fourth-order valence-electron chi connectivity index (χ4n) is 2.96. The summed E-state index contributed by atoms with van der Waals surface area (Å²) in [6.07, 6.45) is 2.47. The highest BCUT2D eigenvalue weighted by Gasteiger charge is 2.28. The topological polar surface area (TPSA) is 58.2 Å². The van der Waals surface area contributed by atoms with Crippen LogP contribution in [-0.2, 0) is 4.74 Å². The Bertz CT molecular complexity index is 761. The molecule has 1 aliphatic heterocycles. The van der Waals surface area contributed by atoms with Gasteiger partial charge in [0, 0.05) is 30.1 Å². The molecule has 0 saturated carbocycles. The van der Waals surface area contributed by atoms with Gasteiger partial charge in [-0.15, -0.1) is 0 Å². The number of hydrogen-bond donors (Lipinski definition) is 1. The first-order chi connectivity index (χ1) is 11.2. The number of ether oxygens (including phenoxy) is 1. The SMILES string of the molecule is CC(C)(C)OC(=O)N1CCC(c2cc3c(Cl)c(F)cnc3[nH]2)CC1. The molecule has 1 N–H and O–H groups in total. The number of amides is 1. The molecule has 0 radical (unpaired) electrons. The summed E-state index contributed by atoms with van der Waals surface area (Å²) in [6.45, 7) is 6.84. The summed E-state index contributed by atoms with van der Waals surface area (Å²) in [4.78, 5) is 21.1. The lowest BCUT2D eigenvalue weighted by molar-refractivity contribution is 0.0204. The Morgan fingerprint density at radius 1 is 1.42 bits per heavy atom. The Hall–Kier alpha value is -1.82. The molecule has 2 aromatic rings. The second-order valence-electron chi connectivity index (χ2n) is 7.15. The van der Waals surface area contributed by atoms with Gasteiger partial charge in [0.25, 0.3) is 0 Å². The summed E-state index contributed by atoms with van der Waals surface area (Å²) in [5.74, 6) is -0.258. The van der Waals surface area contributed by atoms with Crippen molar-refractivity contribution in [2.45, 2.75) is 45.1 Å². The van der Waals surface area contributed by atoms with Gasteiger partial charge in [0.05, 0.1) is 11.2 Å². The van der Waals surface area contributed by atoms with Gasteiger partial charge in [-0.1, -0.05) is 11.6 Å². The van der Waals surface area contributed by atoms with Gasteiger partial charge in [0.2, 0.25) is 0 Å². The second kappa shape index (κ2) is 6.24. The highest BCUT2D eigenvalue weighted by molar-refractivity contribution is 6.35. The molecule has 1 amide bonds. The van der Waals surface area contributed by atoms with Crippen molar-refractivity contribution in [3.05, 3.63) is 28.8 Å². The molecule has 1 fully saturated rings. The number of carbonyl (C=O) groups is 1. The predicted molar refractivity (Wildman–Crippen MR) is 90.8 cm³/mol. The van der Waals surface area contributed by atoms with E-state index in [1.165, 1.54) is 0 Å². The van der Waals surface area contributed by atoms with Gasteiger partial charge in [-0.2, -0.15) is 0 Å². The fourth-order valence-corrected chi connectivity index (χ4v) is 3.15. The summed E-state index contributed by atoms with van der Waals surface area (Å²) in [7, 11) is 0. The summed E-state index contributed by atoms with van der Waals surface area (Å²) >= 11 is 6.00. The molecule has 2 aromatic heterocycles. The molecule has 0 spiro atoms. The van der Waals surface area contributed by atoms with Crippen LogP contribution in [0.1, 0.15) is 45.2 Å². The predicted octanol–water partition coefficient (Wildman–Crippen LogP) is 4.47. The van der Waals surface area contributed by atoms with Crippen LogP contribution in [0.4, 0.5) is 9.18 Å². The third-order valence-electron chi connectivity index (χ3n) is 4.16. The standard InChI is InChI=1S/C17H21ClFN3O2/c1-17(2,3)24-16(23)22-6-4-10(5-7-22)13-8-11-14(18)12(19)9-20-15(11)21-13/h8-10H,4-7H2,1-3H3,(H,20,21). The second-order valence-corrected chi connectivity index (χ2v) is 7.53. The van der Waals surface area contributed by atoms with Gasteiger partial charge < -0.3 is 14.6 Å². The molecule has 3 heterocycles. The first-order valence-electron chi connectivity index (χ1n) is 8.05. The van der Waals surface area contributed by atoms with E-state index in [1.54, 1.807) is 4.90 Å². The minimum atomic E-state index is -0.519. The van der Waals surface area contributed by atoms with Gasteiger partial charge in [0.15, 0.2) is 5.82 Å². The molecule has 0 aliphatic carbocycles. The first-order valence-corrected chi connectivity index (χ1v) is 8.43. The van der Waals surface area contributed by atoms with Crippen LogP contribution in [0.2, 0.25) is 5.02 Å². The van der Waals surface area contributed by atoms with Crippen molar-refractivity contribution in [1.29, 1.82) is 0 Å². The van der Waals surface area contributed by atoms with Crippen molar-refractivity contribution >= 4 is 28.7 Å². The van der Waals surface area contributed by atoms with Crippen LogP contribution in [0, 0.1) is 5.82 Å². The maximum atomic E-state index is 13.5. The van der Waals surface area contributed by atoms with Crippen molar-refractivity contribution < 1.29 is 13.9 Å². The van der Waals surface area contributed by atoms with Crippen LogP contribution in [0.25, 0.3) is 11.0 Å². The van der Waals surface area contributed by atoms with E-state index in [0.29, 0.717) is 24.1 Å². The van der Waals surface area contributed by atoms with Gasteiger partial charge in [0.1, 0.15) is 11.2 Å². The zero-order chi connectivity index (χ0) is 17.5. The first kappa shape index (κ1) is 17.0. The van der Waals surface area contributed by atoms with E-state index in [9.17, 15) is 9.18 Å². The highest BCUT2D eigenvalue weighted by Crippen LogP contribution is 2.32. The number of likely N-dealkylation sites (tertiary alicyclic amines) is 1. The number of aromatic amines is 1.